The van der Waals surface area contributed by atoms with Gasteiger partial charge < -0.3 is 25.3 Å². The third-order valence-corrected chi connectivity index (χ3v) is 17.0. The molecule has 5 aliphatic rings. The van der Waals surface area contributed by atoms with Crippen molar-refractivity contribution in [2.75, 3.05) is 26.4 Å². The molecular formula is C46H70N2O6. The highest BCUT2D eigenvalue weighted by Crippen LogP contribution is 2.75. The lowest BCUT2D eigenvalue weighted by Crippen LogP contribution is -2.70. The monoisotopic (exact) mass is 747 g/mol. The average Bonchev–Trinajstić information content (AvgIpc) is 3.10. The van der Waals surface area contributed by atoms with Crippen molar-refractivity contribution < 1.29 is 28.6 Å². The SMILES string of the molecule is CC(=O)O[C@@H]1C[C@@]23COCC(C)([C@H]1OC[C@@](C)(NCC(=O)c1ccccc1)C(C)C)[C@@H]2CC[C@H]1C3=CC[C@@]2(C)[C@H](C(N)=O)[C@@](C)([C@H](C)C(C)C)CC[C@]12C. The number of fused-ring (bicyclic) bond motifs is 3. The number of nitrogens with two attached hydrogens (primary N) is 1. The number of hydrogen-bond donors (Lipinski definition) is 2. The van der Waals surface area contributed by atoms with Crippen LogP contribution in [0.3, 0.4) is 0 Å². The first kappa shape index (κ1) is 41.1. The van der Waals surface area contributed by atoms with E-state index in [-0.39, 0.29) is 75.6 Å². The summed E-state index contributed by atoms with van der Waals surface area (Å²) in [4.78, 5) is 39.7. The molecule has 3 N–H and O–H groups in total. The van der Waals surface area contributed by atoms with Gasteiger partial charge in [0.25, 0.3) is 0 Å². The van der Waals surface area contributed by atoms with Crippen molar-refractivity contribution >= 4 is 17.7 Å². The van der Waals surface area contributed by atoms with Gasteiger partial charge in [-0.05, 0) is 91.3 Å². The predicted molar refractivity (Wildman–Crippen MR) is 212 cm³/mol. The van der Waals surface area contributed by atoms with Gasteiger partial charge in [-0.2, -0.15) is 0 Å². The zero-order chi connectivity index (χ0) is 39.6. The van der Waals surface area contributed by atoms with E-state index < -0.39 is 17.1 Å². The summed E-state index contributed by atoms with van der Waals surface area (Å²) in [6.45, 7) is 25.9. The number of ether oxygens (including phenoxy) is 3. The van der Waals surface area contributed by atoms with E-state index in [4.69, 9.17) is 19.9 Å². The first-order valence-corrected chi connectivity index (χ1v) is 20.9. The molecule has 1 aromatic carbocycles. The molecule has 1 heterocycles. The van der Waals surface area contributed by atoms with E-state index in [9.17, 15) is 14.4 Å². The van der Waals surface area contributed by atoms with Crippen LogP contribution in [-0.2, 0) is 23.8 Å². The van der Waals surface area contributed by atoms with Gasteiger partial charge >= 0.3 is 5.97 Å². The number of rotatable bonds is 12. The molecule has 4 fully saturated rings. The zero-order valence-electron chi connectivity index (χ0n) is 35.2. The molecular weight excluding hydrogens is 677 g/mol. The van der Waals surface area contributed by atoms with E-state index in [1.165, 1.54) is 12.5 Å². The topological polar surface area (TPSA) is 117 Å². The van der Waals surface area contributed by atoms with E-state index in [2.05, 4.69) is 80.6 Å². The summed E-state index contributed by atoms with van der Waals surface area (Å²) in [5, 5.41) is 3.56. The molecule has 12 atom stereocenters. The molecule has 0 aromatic heterocycles. The number of ketones is 1. The Morgan fingerprint density at radius 3 is 2.28 bits per heavy atom. The van der Waals surface area contributed by atoms with E-state index >= 15 is 0 Å². The summed E-state index contributed by atoms with van der Waals surface area (Å²) in [6.07, 6.45) is 7.20. The van der Waals surface area contributed by atoms with Crippen LogP contribution in [0.25, 0.3) is 0 Å². The average molecular weight is 747 g/mol. The van der Waals surface area contributed by atoms with Gasteiger partial charge in [0.15, 0.2) is 5.78 Å². The lowest BCUT2D eigenvalue weighted by atomic mass is 9.34. The van der Waals surface area contributed by atoms with Crippen molar-refractivity contribution in [2.45, 2.75) is 132 Å². The van der Waals surface area contributed by atoms with Crippen molar-refractivity contribution in [1.29, 1.82) is 0 Å². The van der Waals surface area contributed by atoms with Crippen LogP contribution in [0, 0.1) is 62.6 Å². The fraction of sp³-hybridized carbons (Fsp3) is 0.761. The summed E-state index contributed by atoms with van der Waals surface area (Å²) in [7, 11) is 0. The summed E-state index contributed by atoms with van der Waals surface area (Å²) in [5.74, 6) is 0.890. The normalized spacial score (nSPS) is 40.4. The lowest BCUT2D eigenvalue weighted by molar-refractivity contribution is -0.269. The van der Waals surface area contributed by atoms with Crippen molar-refractivity contribution in [2.24, 2.45) is 68.3 Å². The van der Waals surface area contributed by atoms with Gasteiger partial charge in [-0.15, -0.1) is 0 Å². The molecule has 1 saturated heterocycles. The zero-order valence-corrected chi connectivity index (χ0v) is 35.2. The van der Waals surface area contributed by atoms with Gasteiger partial charge in [0, 0.05) is 34.8 Å². The molecule has 6 rings (SSSR count). The van der Waals surface area contributed by atoms with Crippen molar-refractivity contribution in [3.8, 4) is 0 Å². The number of hydrogen-bond acceptors (Lipinski definition) is 7. The molecule has 3 saturated carbocycles. The van der Waals surface area contributed by atoms with Gasteiger partial charge in [0.1, 0.15) is 12.2 Å². The van der Waals surface area contributed by atoms with Crippen molar-refractivity contribution in [3.05, 3.63) is 47.5 Å². The largest absolute Gasteiger partial charge is 0.460 e. The van der Waals surface area contributed by atoms with E-state index in [1.807, 2.05) is 30.3 Å². The summed E-state index contributed by atoms with van der Waals surface area (Å²) < 4.78 is 20.0. The van der Waals surface area contributed by atoms with Crippen LogP contribution >= 0.6 is 0 Å². The second-order valence-electron chi connectivity index (χ2n) is 20.2. The molecule has 1 aliphatic heterocycles. The molecule has 2 bridgehead atoms. The molecule has 300 valence electrons. The van der Waals surface area contributed by atoms with Crippen LogP contribution < -0.4 is 11.1 Å². The third kappa shape index (κ3) is 6.33. The molecule has 0 radical (unpaired) electrons. The molecule has 54 heavy (non-hydrogen) atoms. The quantitative estimate of drug-likeness (QED) is 0.126. The lowest BCUT2D eigenvalue weighted by Gasteiger charge is -2.71. The highest BCUT2D eigenvalue weighted by molar-refractivity contribution is 5.97. The summed E-state index contributed by atoms with van der Waals surface area (Å²) >= 11 is 0. The summed E-state index contributed by atoms with van der Waals surface area (Å²) in [5.41, 5.74) is 6.81. The predicted octanol–water partition coefficient (Wildman–Crippen LogP) is 8.18. The van der Waals surface area contributed by atoms with Gasteiger partial charge in [-0.3, -0.25) is 14.4 Å². The van der Waals surface area contributed by atoms with E-state index in [1.54, 1.807) is 0 Å². The minimum absolute atomic E-state index is 0.0387. The minimum atomic E-state index is -0.506. The Kier molecular flexibility index (Phi) is 11.0. The Morgan fingerprint density at radius 2 is 1.67 bits per heavy atom. The fourth-order valence-electron chi connectivity index (χ4n) is 13.0. The van der Waals surface area contributed by atoms with Gasteiger partial charge in [-0.25, -0.2) is 0 Å². The second kappa shape index (κ2) is 14.4. The van der Waals surface area contributed by atoms with Crippen LogP contribution in [0.5, 0.6) is 0 Å². The van der Waals surface area contributed by atoms with E-state index in [0.29, 0.717) is 43.6 Å². The number of nitrogens with one attached hydrogen (secondary N) is 1. The number of allylic oxidation sites excluding steroid dienone is 1. The van der Waals surface area contributed by atoms with Crippen LogP contribution in [-0.4, -0.2) is 61.8 Å². The van der Waals surface area contributed by atoms with Crippen molar-refractivity contribution in [3.63, 3.8) is 0 Å². The Bertz CT molecular complexity index is 1630. The van der Waals surface area contributed by atoms with Crippen LogP contribution in [0.1, 0.15) is 125 Å². The second-order valence-corrected chi connectivity index (χ2v) is 20.2. The first-order valence-electron chi connectivity index (χ1n) is 20.9. The Morgan fingerprint density at radius 1 is 0.981 bits per heavy atom. The summed E-state index contributed by atoms with van der Waals surface area (Å²) in [6, 6.07) is 9.38. The third-order valence-electron chi connectivity index (χ3n) is 17.0. The molecule has 8 nitrogen and oxygen atoms in total. The Balaban J connectivity index is 1.32. The minimum Gasteiger partial charge on any atom is -0.460 e. The molecule has 1 aromatic rings. The van der Waals surface area contributed by atoms with Crippen LogP contribution in [0.2, 0.25) is 0 Å². The standard InChI is InChI=1S/C46H70N2O6/c1-28(2)30(5)41(7)21-22-43(9)33-17-18-37-42(8)25-52-27-46(37,34(33)19-20-44(43,10)38(41)40(47)51)23-36(54-31(6)49)39(42)53-26-45(11,29(3)4)48-24-35(50)32-15-13-12-14-16-32/h12-16,19,28-30,33,36-39,48H,17-18,20-27H2,1-11H3,(H2,47,51)/t30-,33+,36-,37+,38-,39+,41-,42?,43-,44+,45-,46+/m1/s1. The van der Waals surface area contributed by atoms with Crippen LogP contribution in [0.4, 0.5) is 0 Å². The van der Waals surface area contributed by atoms with E-state index in [0.717, 1.165) is 32.1 Å². The fourth-order valence-corrected chi connectivity index (χ4v) is 13.0. The number of carbonyl (C=O) groups excluding carboxylic acids is 3. The molecule has 1 unspecified atom stereocenters. The Hall–Kier alpha value is -2.55. The number of amides is 1. The van der Waals surface area contributed by atoms with Crippen molar-refractivity contribution in [1.82, 2.24) is 5.32 Å². The van der Waals surface area contributed by atoms with Gasteiger partial charge in [0.05, 0.1) is 26.4 Å². The highest BCUT2D eigenvalue weighted by atomic mass is 16.6. The maximum absolute atomic E-state index is 13.7. The number of carbonyl (C=O) groups is 3. The smallest absolute Gasteiger partial charge is 0.302 e. The number of Topliss-reactive ketones (excluding diaryl/α,β-unsaturated/α-hetero) is 1. The molecule has 8 heteroatoms. The van der Waals surface area contributed by atoms with Gasteiger partial charge in [-0.1, -0.05) is 104 Å². The molecule has 1 amide bonds. The number of esters is 1. The maximum Gasteiger partial charge on any atom is 0.302 e. The number of benzene rings is 1. The van der Waals surface area contributed by atoms with Crippen LogP contribution in [0.15, 0.2) is 42.0 Å². The first-order chi connectivity index (χ1) is 25.2. The number of primary amides is 1. The Labute approximate surface area is 325 Å². The highest BCUT2D eigenvalue weighted by Gasteiger charge is 2.72. The maximum atomic E-state index is 13.7. The molecule has 4 aliphatic carbocycles. The molecule has 0 spiro atoms. The van der Waals surface area contributed by atoms with Gasteiger partial charge in [0.2, 0.25) is 5.91 Å².